The molecule has 6 nitrogen and oxygen atoms in total. The fourth-order valence-corrected chi connectivity index (χ4v) is 4.07. The Hall–Kier alpha value is -1.69. The molecule has 4 rings (SSSR count). The highest BCUT2D eigenvalue weighted by molar-refractivity contribution is 5.78. The third kappa shape index (κ3) is 2.92. The van der Waals surface area contributed by atoms with Crippen molar-refractivity contribution < 1.29 is 4.79 Å². The van der Waals surface area contributed by atoms with Crippen LogP contribution < -0.4 is 4.90 Å². The van der Waals surface area contributed by atoms with Crippen LogP contribution in [0.4, 0.5) is 5.82 Å². The van der Waals surface area contributed by atoms with Gasteiger partial charge in [0.25, 0.3) is 0 Å². The molecule has 3 aliphatic rings. The zero-order chi connectivity index (χ0) is 15.8. The van der Waals surface area contributed by atoms with E-state index in [-0.39, 0.29) is 0 Å². The number of amides is 1. The lowest BCUT2D eigenvalue weighted by atomic mass is 10.0. The number of nitrogens with zero attached hydrogens (tertiary/aromatic N) is 5. The van der Waals surface area contributed by atoms with Gasteiger partial charge >= 0.3 is 0 Å². The molecule has 4 heterocycles. The van der Waals surface area contributed by atoms with Crippen molar-refractivity contribution in [3.63, 3.8) is 0 Å². The minimum atomic E-state index is 0.347. The summed E-state index contributed by atoms with van der Waals surface area (Å²) in [6, 6.07) is 2.65. The van der Waals surface area contributed by atoms with Gasteiger partial charge in [-0.15, -0.1) is 5.10 Å². The third-order valence-electron chi connectivity index (χ3n) is 5.46. The van der Waals surface area contributed by atoms with E-state index in [1.807, 2.05) is 0 Å². The molecule has 2 saturated heterocycles. The average molecular weight is 315 g/mol. The van der Waals surface area contributed by atoms with Crippen molar-refractivity contribution in [3.05, 3.63) is 17.3 Å². The summed E-state index contributed by atoms with van der Waals surface area (Å²) in [6.45, 7) is 4.93. The average Bonchev–Trinajstić information content (AvgIpc) is 3.00. The molecule has 0 radical (unpaired) electrons. The summed E-state index contributed by atoms with van der Waals surface area (Å²) in [4.78, 5) is 18.7. The van der Waals surface area contributed by atoms with E-state index >= 15 is 0 Å². The Bertz CT molecular complexity index is 597. The summed E-state index contributed by atoms with van der Waals surface area (Å²) >= 11 is 0. The second kappa shape index (κ2) is 6.07. The first-order chi connectivity index (χ1) is 11.2. The summed E-state index contributed by atoms with van der Waals surface area (Å²) in [7, 11) is 2.15. The van der Waals surface area contributed by atoms with Gasteiger partial charge in [0.15, 0.2) is 5.82 Å². The van der Waals surface area contributed by atoms with Gasteiger partial charge in [-0.05, 0) is 37.9 Å². The number of anilines is 1. The monoisotopic (exact) mass is 315 g/mol. The predicted octanol–water partition coefficient (Wildman–Crippen LogP) is 1.06. The van der Waals surface area contributed by atoms with Gasteiger partial charge in [-0.2, -0.15) is 5.10 Å². The van der Waals surface area contributed by atoms with E-state index in [0.717, 1.165) is 76.3 Å². The Kier molecular flexibility index (Phi) is 3.93. The van der Waals surface area contributed by atoms with Crippen molar-refractivity contribution in [2.75, 3.05) is 38.1 Å². The van der Waals surface area contributed by atoms with Crippen molar-refractivity contribution >= 4 is 11.7 Å². The number of likely N-dealkylation sites (tertiary alicyclic amines) is 1. The third-order valence-corrected chi connectivity index (χ3v) is 5.46. The van der Waals surface area contributed by atoms with E-state index in [9.17, 15) is 4.79 Å². The van der Waals surface area contributed by atoms with Gasteiger partial charge in [-0.3, -0.25) is 4.79 Å². The topological polar surface area (TPSA) is 52.6 Å². The van der Waals surface area contributed by atoms with Crippen LogP contribution in [0.1, 0.15) is 36.9 Å². The molecule has 0 bridgehead atoms. The lowest BCUT2D eigenvalue weighted by Crippen LogP contribution is -2.45. The maximum absolute atomic E-state index is 11.9. The van der Waals surface area contributed by atoms with Crippen LogP contribution in [0.5, 0.6) is 0 Å². The van der Waals surface area contributed by atoms with Gasteiger partial charge in [0.05, 0.1) is 5.69 Å². The van der Waals surface area contributed by atoms with Gasteiger partial charge < -0.3 is 14.7 Å². The molecule has 0 aromatic carbocycles. The second-order valence-electron chi connectivity index (χ2n) is 7.07. The van der Waals surface area contributed by atoms with Crippen LogP contribution in [0.3, 0.4) is 0 Å². The van der Waals surface area contributed by atoms with E-state index in [1.165, 1.54) is 5.56 Å². The number of likely N-dealkylation sites (N-methyl/N-ethyl adjacent to an activating group) is 1. The van der Waals surface area contributed by atoms with Crippen molar-refractivity contribution in [1.29, 1.82) is 0 Å². The van der Waals surface area contributed by atoms with Crippen molar-refractivity contribution in [3.8, 4) is 0 Å². The largest absolute Gasteiger partial charge is 0.355 e. The normalized spacial score (nSPS) is 23.4. The summed E-state index contributed by atoms with van der Waals surface area (Å²) < 4.78 is 0. The summed E-state index contributed by atoms with van der Waals surface area (Å²) in [5, 5.41) is 8.91. The highest BCUT2D eigenvalue weighted by Gasteiger charge is 2.31. The number of rotatable bonds is 2. The highest BCUT2D eigenvalue weighted by atomic mass is 16.2. The quantitative estimate of drug-likeness (QED) is 0.817. The first kappa shape index (κ1) is 14.9. The molecule has 0 atom stereocenters. The maximum atomic E-state index is 11.9. The molecule has 6 heteroatoms. The molecule has 3 aliphatic heterocycles. The van der Waals surface area contributed by atoms with Crippen LogP contribution in [0, 0.1) is 0 Å². The van der Waals surface area contributed by atoms with Crippen molar-refractivity contribution in [2.24, 2.45) is 0 Å². The van der Waals surface area contributed by atoms with E-state index in [0.29, 0.717) is 11.9 Å². The van der Waals surface area contributed by atoms with Gasteiger partial charge in [-0.25, -0.2) is 0 Å². The molecule has 1 amide bonds. The standard InChI is InChI=1S/C17H25N5O/c1-20-8-6-15-13(12-20)11-16(19-18-15)21-9-4-14(5-10-21)22-7-2-3-17(22)23/h11,14H,2-10,12H2,1H3. The zero-order valence-electron chi connectivity index (χ0n) is 13.9. The first-order valence-corrected chi connectivity index (χ1v) is 8.79. The van der Waals surface area contributed by atoms with E-state index in [2.05, 4.69) is 38.0 Å². The van der Waals surface area contributed by atoms with Gasteiger partial charge in [0.1, 0.15) is 0 Å². The van der Waals surface area contributed by atoms with E-state index < -0.39 is 0 Å². The van der Waals surface area contributed by atoms with Gasteiger partial charge in [-0.1, -0.05) is 0 Å². The van der Waals surface area contributed by atoms with Crippen molar-refractivity contribution in [1.82, 2.24) is 20.0 Å². The second-order valence-corrected chi connectivity index (χ2v) is 7.07. The molecule has 0 unspecified atom stereocenters. The first-order valence-electron chi connectivity index (χ1n) is 8.79. The van der Waals surface area contributed by atoms with E-state index in [4.69, 9.17) is 0 Å². The smallest absolute Gasteiger partial charge is 0.222 e. The van der Waals surface area contributed by atoms with Crippen LogP contribution in [0.25, 0.3) is 0 Å². The molecule has 23 heavy (non-hydrogen) atoms. The highest BCUT2D eigenvalue weighted by Crippen LogP contribution is 2.26. The zero-order valence-corrected chi connectivity index (χ0v) is 13.9. The Morgan fingerprint density at radius 1 is 1.09 bits per heavy atom. The molecule has 0 aliphatic carbocycles. The molecular formula is C17H25N5O. The fraction of sp³-hybridized carbons (Fsp3) is 0.706. The van der Waals surface area contributed by atoms with Gasteiger partial charge in [0.2, 0.25) is 5.91 Å². The Morgan fingerprint density at radius 3 is 2.65 bits per heavy atom. The minimum Gasteiger partial charge on any atom is -0.355 e. The summed E-state index contributed by atoms with van der Waals surface area (Å²) in [6.07, 6.45) is 4.86. The summed E-state index contributed by atoms with van der Waals surface area (Å²) in [5.74, 6) is 1.35. The Morgan fingerprint density at radius 2 is 1.91 bits per heavy atom. The van der Waals surface area contributed by atoms with Gasteiger partial charge in [0, 0.05) is 51.6 Å². The fourth-order valence-electron chi connectivity index (χ4n) is 4.07. The van der Waals surface area contributed by atoms with Crippen LogP contribution in [0.2, 0.25) is 0 Å². The van der Waals surface area contributed by atoms with Crippen LogP contribution >= 0.6 is 0 Å². The van der Waals surface area contributed by atoms with E-state index in [1.54, 1.807) is 0 Å². The Labute approximate surface area is 137 Å². The minimum absolute atomic E-state index is 0.347. The molecule has 0 spiro atoms. The SMILES string of the molecule is CN1CCc2nnc(N3CCC(N4CCCC4=O)CC3)cc2C1. The number of hydrogen-bond donors (Lipinski definition) is 0. The lowest BCUT2D eigenvalue weighted by molar-refractivity contribution is -0.130. The predicted molar refractivity (Wildman–Crippen MR) is 88.3 cm³/mol. The number of carbonyl (C=O) groups is 1. The number of piperidine rings is 1. The molecule has 124 valence electrons. The maximum Gasteiger partial charge on any atom is 0.222 e. The number of carbonyl (C=O) groups excluding carboxylic acids is 1. The van der Waals surface area contributed by atoms with Crippen LogP contribution in [0.15, 0.2) is 6.07 Å². The summed E-state index contributed by atoms with van der Waals surface area (Å²) in [5.41, 5.74) is 2.48. The molecule has 2 fully saturated rings. The molecule has 1 aromatic rings. The molecule has 0 N–H and O–H groups in total. The molecule has 0 saturated carbocycles. The Balaban J connectivity index is 1.42. The number of aromatic nitrogens is 2. The van der Waals surface area contributed by atoms with Crippen LogP contribution in [-0.2, 0) is 17.8 Å². The number of hydrogen-bond acceptors (Lipinski definition) is 5. The number of fused-ring (bicyclic) bond motifs is 1. The lowest BCUT2D eigenvalue weighted by Gasteiger charge is -2.37. The van der Waals surface area contributed by atoms with Crippen molar-refractivity contribution in [2.45, 2.75) is 44.7 Å². The van der Waals surface area contributed by atoms with Crippen LogP contribution in [-0.4, -0.2) is 65.2 Å². The molecule has 1 aromatic heterocycles. The molecular weight excluding hydrogens is 290 g/mol.